The van der Waals surface area contributed by atoms with Crippen LogP contribution in [0.5, 0.6) is 0 Å². The van der Waals surface area contributed by atoms with Gasteiger partial charge in [-0.15, -0.1) is 0 Å². The molecule has 9 nitrogen and oxygen atoms in total. The van der Waals surface area contributed by atoms with Crippen LogP contribution in [0.2, 0.25) is 0 Å². The summed E-state index contributed by atoms with van der Waals surface area (Å²) in [4.78, 5) is 9.29. The summed E-state index contributed by atoms with van der Waals surface area (Å²) in [7, 11) is 0. The number of anilines is 3. The van der Waals surface area contributed by atoms with Crippen molar-refractivity contribution in [1.29, 1.82) is 0 Å². The smallest absolute Gasteiger partial charge is 0.225 e. The summed E-state index contributed by atoms with van der Waals surface area (Å²) in [6, 6.07) is 6.19. The Morgan fingerprint density at radius 3 is 2.96 bits per heavy atom. The molecule has 7 N–H and O–H groups in total. The number of aliphatic hydroxyl groups is 1. The van der Waals surface area contributed by atoms with Gasteiger partial charge in [0.05, 0.1) is 23.0 Å². The number of fused-ring (bicyclic) bond motifs is 2. The van der Waals surface area contributed by atoms with E-state index in [9.17, 15) is 5.11 Å². The fraction of sp³-hybridized carbons (Fsp3) is 0.421. The summed E-state index contributed by atoms with van der Waals surface area (Å²) in [5.74, 6) is 1.13. The Kier molecular flexibility index (Phi) is 4.34. The van der Waals surface area contributed by atoms with E-state index in [0.29, 0.717) is 23.9 Å². The maximum Gasteiger partial charge on any atom is 0.225 e. The number of benzene rings is 1. The number of H-pyrrole nitrogens is 1. The van der Waals surface area contributed by atoms with Crippen LogP contribution in [0.15, 0.2) is 24.4 Å². The van der Waals surface area contributed by atoms with Crippen LogP contribution in [-0.2, 0) is 6.54 Å². The minimum absolute atomic E-state index is 0.105. The first-order valence-electron chi connectivity index (χ1n) is 9.72. The molecule has 0 amide bonds. The van der Waals surface area contributed by atoms with Gasteiger partial charge in [-0.25, -0.2) is 4.98 Å². The highest BCUT2D eigenvalue weighted by Gasteiger charge is 2.28. The molecule has 0 saturated heterocycles. The van der Waals surface area contributed by atoms with Gasteiger partial charge in [-0.1, -0.05) is 12.8 Å². The zero-order valence-corrected chi connectivity index (χ0v) is 15.4. The maximum absolute atomic E-state index is 10.3. The third kappa shape index (κ3) is 3.17. The quantitative estimate of drug-likeness (QED) is 0.404. The predicted octanol–water partition coefficient (Wildman–Crippen LogP) is 1.87. The lowest BCUT2D eigenvalue weighted by atomic mass is 9.91. The van der Waals surface area contributed by atoms with Crippen LogP contribution in [0, 0.1) is 0 Å². The second-order valence-corrected chi connectivity index (χ2v) is 7.54. The summed E-state index contributed by atoms with van der Waals surface area (Å²) in [6.45, 7) is 0.499. The SMILES string of the molecule is N[C@H]1CCCC[C@H]1Nc1nc2c(c(Nc3ccc4cn[nH]c4c3)n1)C(O)NC2. The van der Waals surface area contributed by atoms with Gasteiger partial charge in [0.2, 0.25) is 5.95 Å². The maximum atomic E-state index is 10.3. The molecule has 146 valence electrons. The van der Waals surface area contributed by atoms with Crippen LogP contribution in [0.25, 0.3) is 10.9 Å². The van der Waals surface area contributed by atoms with Crippen molar-refractivity contribution in [2.75, 3.05) is 10.6 Å². The molecule has 1 aliphatic heterocycles. The van der Waals surface area contributed by atoms with Crippen molar-refractivity contribution in [3.63, 3.8) is 0 Å². The molecule has 2 aromatic heterocycles. The first-order valence-corrected chi connectivity index (χ1v) is 9.72. The van der Waals surface area contributed by atoms with Gasteiger partial charge in [-0.05, 0) is 31.0 Å². The highest BCUT2D eigenvalue weighted by Crippen LogP contribution is 2.32. The average Bonchev–Trinajstić information content (AvgIpc) is 3.30. The standard InChI is InChI=1S/C19H24N8O/c20-12-3-1-2-4-13(12)24-19-25-15-9-21-18(28)16(15)17(26-19)23-11-6-5-10-8-22-27-14(10)7-11/h5-8,12-13,18,21,28H,1-4,9,20H2,(H,22,27)(H2,23,24,25,26)/t12-,13+,18?/m0/s1. The lowest BCUT2D eigenvalue weighted by molar-refractivity contribution is 0.152. The van der Waals surface area contributed by atoms with Crippen LogP contribution in [0.3, 0.4) is 0 Å². The van der Waals surface area contributed by atoms with Gasteiger partial charge in [0.25, 0.3) is 0 Å². The monoisotopic (exact) mass is 380 g/mol. The molecule has 0 spiro atoms. The third-order valence-electron chi connectivity index (χ3n) is 5.60. The van der Waals surface area contributed by atoms with Crippen LogP contribution < -0.4 is 21.7 Å². The molecule has 0 bridgehead atoms. The zero-order chi connectivity index (χ0) is 19.1. The van der Waals surface area contributed by atoms with E-state index in [4.69, 9.17) is 5.73 Å². The number of hydrogen-bond donors (Lipinski definition) is 6. The van der Waals surface area contributed by atoms with Gasteiger partial charge in [0, 0.05) is 29.7 Å². The van der Waals surface area contributed by atoms with Crippen molar-refractivity contribution >= 4 is 28.4 Å². The number of nitrogens with zero attached hydrogens (tertiary/aromatic N) is 3. The Bertz CT molecular complexity index is 1000. The molecule has 3 aromatic rings. The average molecular weight is 380 g/mol. The van der Waals surface area contributed by atoms with Gasteiger partial charge >= 0.3 is 0 Å². The van der Waals surface area contributed by atoms with E-state index in [2.05, 4.69) is 36.1 Å². The summed E-state index contributed by atoms with van der Waals surface area (Å²) < 4.78 is 0. The summed E-state index contributed by atoms with van der Waals surface area (Å²) in [5, 5.41) is 28.2. The number of nitrogens with one attached hydrogen (secondary N) is 4. The molecule has 28 heavy (non-hydrogen) atoms. The second-order valence-electron chi connectivity index (χ2n) is 7.54. The molecule has 9 heteroatoms. The zero-order valence-electron chi connectivity index (χ0n) is 15.4. The fourth-order valence-corrected chi connectivity index (χ4v) is 4.05. The van der Waals surface area contributed by atoms with Crippen molar-refractivity contribution in [3.05, 3.63) is 35.7 Å². The number of aromatic nitrogens is 4. The van der Waals surface area contributed by atoms with Gasteiger partial charge in [-0.3, -0.25) is 10.4 Å². The van der Waals surface area contributed by atoms with Crippen molar-refractivity contribution in [2.24, 2.45) is 5.73 Å². The van der Waals surface area contributed by atoms with Gasteiger partial charge in [-0.2, -0.15) is 10.1 Å². The van der Waals surface area contributed by atoms with Crippen LogP contribution in [-0.4, -0.2) is 37.4 Å². The molecule has 1 aliphatic carbocycles. The Morgan fingerprint density at radius 2 is 2.07 bits per heavy atom. The molecule has 2 aliphatic rings. The fourth-order valence-electron chi connectivity index (χ4n) is 4.05. The second kappa shape index (κ2) is 7.01. The van der Waals surface area contributed by atoms with Gasteiger partial charge in [0.15, 0.2) is 0 Å². The molecule has 5 rings (SSSR count). The van der Waals surface area contributed by atoms with Crippen LogP contribution >= 0.6 is 0 Å². The van der Waals surface area contributed by atoms with Gasteiger partial charge < -0.3 is 21.5 Å². The molecular weight excluding hydrogens is 356 g/mol. The summed E-state index contributed by atoms with van der Waals surface area (Å²) in [6.07, 6.45) is 5.35. The molecule has 1 aromatic carbocycles. The first kappa shape index (κ1) is 17.4. The lowest BCUT2D eigenvalue weighted by Gasteiger charge is -2.29. The number of aromatic amines is 1. The predicted molar refractivity (Wildman–Crippen MR) is 107 cm³/mol. The normalized spacial score (nSPS) is 24.3. The highest BCUT2D eigenvalue weighted by atomic mass is 16.3. The van der Waals surface area contributed by atoms with E-state index in [0.717, 1.165) is 41.5 Å². The van der Waals surface area contributed by atoms with Crippen LogP contribution in [0.1, 0.15) is 43.2 Å². The molecule has 0 radical (unpaired) electrons. The van der Waals surface area contributed by atoms with Crippen molar-refractivity contribution in [2.45, 2.75) is 50.5 Å². The Balaban J connectivity index is 1.47. The topological polar surface area (TPSA) is 137 Å². The molecule has 1 fully saturated rings. The number of rotatable bonds is 4. The molecule has 3 atom stereocenters. The van der Waals surface area contributed by atoms with Gasteiger partial charge in [0.1, 0.15) is 12.0 Å². The molecule has 1 saturated carbocycles. The molecule has 1 unspecified atom stereocenters. The Labute approximate surface area is 162 Å². The third-order valence-corrected chi connectivity index (χ3v) is 5.60. The number of nitrogens with two attached hydrogens (primary N) is 1. The summed E-state index contributed by atoms with van der Waals surface area (Å²) >= 11 is 0. The molecule has 3 heterocycles. The Hall–Kier alpha value is -2.75. The van der Waals surface area contributed by atoms with E-state index >= 15 is 0 Å². The first-order chi connectivity index (χ1) is 13.7. The van der Waals surface area contributed by atoms with Crippen LogP contribution in [0.4, 0.5) is 17.5 Å². The minimum Gasteiger partial charge on any atom is -0.374 e. The van der Waals surface area contributed by atoms with Crippen molar-refractivity contribution in [1.82, 2.24) is 25.5 Å². The van der Waals surface area contributed by atoms with E-state index in [1.165, 1.54) is 6.42 Å². The minimum atomic E-state index is -0.792. The van der Waals surface area contributed by atoms with Crippen molar-refractivity contribution in [3.8, 4) is 0 Å². The van der Waals surface area contributed by atoms with E-state index in [-0.39, 0.29) is 12.1 Å². The number of aliphatic hydroxyl groups excluding tert-OH is 1. The van der Waals surface area contributed by atoms with E-state index in [1.54, 1.807) is 6.20 Å². The van der Waals surface area contributed by atoms with Crippen molar-refractivity contribution < 1.29 is 5.11 Å². The Morgan fingerprint density at radius 1 is 1.18 bits per heavy atom. The summed E-state index contributed by atoms with van der Waals surface area (Å²) in [5.41, 5.74) is 9.54. The highest BCUT2D eigenvalue weighted by molar-refractivity contribution is 5.82. The van der Waals surface area contributed by atoms with E-state index in [1.807, 2.05) is 18.2 Å². The van der Waals surface area contributed by atoms with E-state index < -0.39 is 6.23 Å². The lowest BCUT2D eigenvalue weighted by Crippen LogP contribution is -2.43. The largest absolute Gasteiger partial charge is 0.374 e. The molecular formula is C19H24N8O. The number of hydrogen-bond acceptors (Lipinski definition) is 8.